The predicted octanol–water partition coefficient (Wildman–Crippen LogP) is 4.20. The van der Waals surface area contributed by atoms with Crippen molar-refractivity contribution < 1.29 is 5.11 Å². The van der Waals surface area contributed by atoms with Crippen LogP contribution in [0, 0.1) is 0 Å². The van der Waals surface area contributed by atoms with Gasteiger partial charge in [0.1, 0.15) is 5.75 Å². The Labute approximate surface area is 160 Å². The summed E-state index contributed by atoms with van der Waals surface area (Å²) < 4.78 is 0. The molecule has 0 radical (unpaired) electrons. The van der Waals surface area contributed by atoms with Crippen molar-refractivity contribution in [1.29, 1.82) is 0 Å². The lowest BCUT2D eigenvalue weighted by atomic mass is 9.87. The summed E-state index contributed by atoms with van der Waals surface area (Å²) in [6.07, 6.45) is 3.85. The summed E-state index contributed by atoms with van der Waals surface area (Å²) in [5.74, 6) is 0.239. The van der Waals surface area contributed by atoms with E-state index in [0.29, 0.717) is 0 Å². The molecular formula is C22H24N2OS. The van der Waals surface area contributed by atoms with Gasteiger partial charge in [-0.15, -0.1) is 0 Å². The minimum absolute atomic E-state index is 0.0166. The van der Waals surface area contributed by atoms with E-state index >= 15 is 0 Å². The van der Waals surface area contributed by atoms with E-state index in [1.807, 2.05) is 36.4 Å². The van der Waals surface area contributed by atoms with Crippen LogP contribution in [0.25, 0.3) is 0 Å². The Kier molecular flexibility index (Phi) is 5.14. The zero-order valence-electron chi connectivity index (χ0n) is 14.8. The van der Waals surface area contributed by atoms with E-state index in [2.05, 4.69) is 17.0 Å². The summed E-state index contributed by atoms with van der Waals surface area (Å²) in [6, 6.07) is 17.8. The van der Waals surface area contributed by atoms with E-state index in [1.54, 1.807) is 6.07 Å². The summed E-state index contributed by atoms with van der Waals surface area (Å²) in [5, 5.41) is 10.4. The van der Waals surface area contributed by atoms with E-state index in [-0.39, 0.29) is 17.7 Å². The van der Waals surface area contributed by atoms with Gasteiger partial charge in [0.15, 0.2) is 0 Å². The fraction of sp³-hybridized carbons (Fsp3) is 0.364. The molecular weight excluding hydrogens is 340 g/mol. The van der Waals surface area contributed by atoms with Crippen LogP contribution in [0.4, 0.5) is 0 Å². The molecule has 2 aromatic carbocycles. The SMILES string of the molecule is Oc1ccccc1C1=N[C@H](CN2CCCCC2)C(=S)[C@@H]1c1ccccc1. The van der Waals surface area contributed by atoms with E-state index < -0.39 is 0 Å². The summed E-state index contributed by atoms with van der Waals surface area (Å²) in [6.45, 7) is 3.16. The number of nitrogens with zero attached hydrogens (tertiary/aromatic N) is 2. The number of phenolic OH excluding ortho intramolecular Hbond substituents is 1. The van der Waals surface area contributed by atoms with Crippen molar-refractivity contribution in [3.05, 3.63) is 65.7 Å². The molecule has 134 valence electrons. The van der Waals surface area contributed by atoms with Crippen LogP contribution in [0.15, 0.2) is 59.6 Å². The lowest BCUT2D eigenvalue weighted by molar-refractivity contribution is 0.228. The van der Waals surface area contributed by atoms with Gasteiger partial charge in [0.05, 0.1) is 17.7 Å². The first-order valence-electron chi connectivity index (χ1n) is 9.41. The lowest BCUT2D eigenvalue weighted by Gasteiger charge is -2.28. The van der Waals surface area contributed by atoms with Crippen molar-refractivity contribution in [2.75, 3.05) is 19.6 Å². The third-order valence-corrected chi connectivity index (χ3v) is 5.88. The van der Waals surface area contributed by atoms with Crippen molar-refractivity contribution in [1.82, 2.24) is 4.90 Å². The van der Waals surface area contributed by atoms with Crippen LogP contribution in [0.2, 0.25) is 0 Å². The van der Waals surface area contributed by atoms with Gasteiger partial charge in [0.25, 0.3) is 0 Å². The Balaban J connectivity index is 1.69. The van der Waals surface area contributed by atoms with Gasteiger partial charge < -0.3 is 10.0 Å². The molecule has 3 nitrogen and oxygen atoms in total. The molecule has 2 heterocycles. The zero-order chi connectivity index (χ0) is 17.9. The normalized spacial score (nSPS) is 23.8. The van der Waals surface area contributed by atoms with E-state index in [4.69, 9.17) is 17.2 Å². The number of thiocarbonyl (C=S) groups is 1. The van der Waals surface area contributed by atoms with Crippen molar-refractivity contribution in [3.63, 3.8) is 0 Å². The number of para-hydroxylation sites is 1. The molecule has 0 aliphatic carbocycles. The number of aromatic hydroxyl groups is 1. The Bertz CT molecular complexity index is 812. The molecule has 0 amide bonds. The first-order chi connectivity index (χ1) is 12.7. The van der Waals surface area contributed by atoms with Gasteiger partial charge in [-0.1, -0.05) is 61.1 Å². The molecule has 0 aromatic heterocycles. The molecule has 2 aromatic rings. The van der Waals surface area contributed by atoms with Crippen LogP contribution in [0.5, 0.6) is 5.75 Å². The molecule has 1 saturated heterocycles. The van der Waals surface area contributed by atoms with Gasteiger partial charge in [-0.3, -0.25) is 4.99 Å². The highest BCUT2D eigenvalue weighted by atomic mass is 32.1. The highest BCUT2D eigenvalue weighted by Gasteiger charge is 2.37. The van der Waals surface area contributed by atoms with Crippen LogP contribution in [0.3, 0.4) is 0 Å². The molecule has 0 spiro atoms. The highest BCUT2D eigenvalue weighted by molar-refractivity contribution is 7.80. The van der Waals surface area contributed by atoms with Gasteiger partial charge in [-0.2, -0.15) is 0 Å². The van der Waals surface area contributed by atoms with Crippen LogP contribution < -0.4 is 0 Å². The number of aliphatic imine (C=N–C) groups is 1. The van der Waals surface area contributed by atoms with Gasteiger partial charge in [-0.25, -0.2) is 0 Å². The third kappa shape index (κ3) is 3.44. The minimum Gasteiger partial charge on any atom is -0.507 e. The van der Waals surface area contributed by atoms with Crippen molar-refractivity contribution in [3.8, 4) is 5.75 Å². The molecule has 2 aliphatic rings. The monoisotopic (exact) mass is 364 g/mol. The van der Waals surface area contributed by atoms with E-state index in [1.165, 1.54) is 19.3 Å². The lowest BCUT2D eigenvalue weighted by Crippen LogP contribution is -2.38. The number of phenols is 1. The smallest absolute Gasteiger partial charge is 0.124 e. The van der Waals surface area contributed by atoms with Crippen LogP contribution in [0.1, 0.15) is 36.3 Å². The Morgan fingerprint density at radius 3 is 2.38 bits per heavy atom. The summed E-state index contributed by atoms with van der Waals surface area (Å²) in [5.41, 5.74) is 2.85. The number of piperidine rings is 1. The van der Waals surface area contributed by atoms with Gasteiger partial charge in [0.2, 0.25) is 0 Å². The Hall–Kier alpha value is -2.04. The molecule has 0 unspecified atom stereocenters. The number of hydrogen-bond acceptors (Lipinski definition) is 4. The van der Waals surface area contributed by atoms with Crippen LogP contribution in [-0.2, 0) is 0 Å². The van der Waals surface area contributed by atoms with E-state index in [0.717, 1.165) is 41.3 Å². The van der Waals surface area contributed by atoms with Crippen LogP contribution >= 0.6 is 12.2 Å². The highest BCUT2D eigenvalue weighted by Crippen LogP contribution is 2.35. The largest absolute Gasteiger partial charge is 0.507 e. The maximum atomic E-state index is 10.4. The summed E-state index contributed by atoms with van der Waals surface area (Å²) in [7, 11) is 0. The molecule has 26 heavy (non-hydrogen) atoms. The van der Waals surface area contributed by atoms with Crippen molar-refractivity contribution >= 4 is 22.8 Å². The fourth-order valence-electron chi connectivity index (χ4n) is 4.03. The van der Waals surface area contributed by atoms with Gasteiger partial charge in [-0.05, 0) is 43.6 Å². The van der Waals surface area contributed by atoms with E-state index in [9.17, 15) is 5.11 Å². The second-order valence-corrected chi connectivity index (χ2v) is 7.63. The first-order valence-corrected chi connectivity index (χ1v) is 9.82. The molecule has 1 N–H and O–H groups in total. The number of hydrogen-bond donors (Lipinski definition) is 1. The first kappa shape index (κ1) is 17.4. The van der Waals surface area contributed by atoms with Crippen molar-refractivity contribution in [2.45, 2.75) is 31.2 Å². The molecule has 2 atom stereocenters. The number of benzene rings is 2. The third-order valence-electron chi connectivity index (χ3n) is 5.37. The maximum absolute atomic E-state index is 10.4. The number of rotatable bonds is 4. The van der Waals surface area contributed by atoms with Gasteiger partial charge in [0, 0.05) is 17.0 Å². The molecule has 4 heteroatoms. The second kappa shape index (κ2) is 7.68. The fourth-order valence-corrected chi connectivity index (χ4v) is 4.41. The summed E-state index contributed by atoms with van der Waals surface area (Å²) in [4.78, 5) is 8.48. The minimum atomic E-state index is -0.0331. The topological polar surface area (TPSA) is 35.8 Å². The molecule has 4 rings (SSSR count). The molecule has 0 bridgehead atoms. The Morgan fingerprint density at radius 1 is 0.962 bits per heavy atom. The molecule has 2 aliphatic heterocycles. The molecule has 0 saturated carbocycles. The standard InChI is InChI=1S/C22H24N2OS/c25-19-12-6-5-11-17(19)21-20(16-9-3-1-4-10-16)22(26)18(23-21)15-24-13-7-2-8-14-24/h1,3-6,9-12,18,20,25H,2,7-8,13-15H2/t18-,20-/m1/s1. The second-order valence-electron chi connectivity index (χ2n) is 7.15. The summed E-state index contributed by atoms with van der Waals surface area (Å²) >= 11 is 5.91. The molecule has 1 fully saturated rings. The number of likely N-dealkylation sites (tertiary alicyclic amines) is 1. The Morgan fingerprint density at radius 2 is 1.65 bits per heavy atom. The predicted molar refractivity (Wildman–Crippen MR) is 111 cm³/mol. The maximum Gasteiger partial charge on any atom is 0.124 e. The quantitative estimate of drug-likeness (QED) is 0.826. The zero-order valence-corrected chi connectivity index (χ0v) is 15.7. The average Bonchev–Trinajstić information content (AvgIpc) is 3.00. The average molecular weight is 365 g/mol. The van der Waals surface area contributed by atoms with Crippen molar-refractivity contribution in [2.24, 2.45) is 4.99 Å². The van der Waals surface area contributed by atoms with Crippen LogP contribution in [-0.4, -0.2) is 46.3 Å². The van der Waals surface area contributed by atoms with Gasteiger partial charge >= 0.3 is 0 Å².